The number of esters is 1. The van der Waals surface area contributed by atoms with Gasteiger partial charge in [0.05, 0.1) is 30.5 Å². The van der Waals surface area contributed by atoms with Crippen molar-refractivity contribution in [3.63, 3.8) is 0 Å². The molecule has 326 valence electrons. The maximum atomic E-state index is 15.7. The lowest BCUT2D eigenvalue weighted by Crippen LogP contribution is -2.75. The van der Waals surface area contributed by atoms with Gasteiger partial charge in [0.1, 0.15) is 39.9 Å². The van der Waals surface area contributed by atoms with Gasteiger partial charge in [-0.15, -0.1) is 0 Å². The Bertz CT molecular complexity index is 2500. The maximum Gasteiger partial charge on any atom is 0.333 e. The highest BCUT2D eigenvalue weighted by molar-refractivity contribution is 6.22. The molecule has 4 aliphatic heterocycles. The molecule has 2 aromatic carbocycles. The fraction of sp³-hybridized carbons (Fsp3) is 0.481. The van der Waals surface area contributed by atoms with E-state index in [2.05, 4.69) is 58.9 Å². The molecule has 2 aromatic rings. The third kappa shape index (κ3) is 5.99. The number of carbonyl (C=O) groups is 3. The summed E-state index contributed by atoms with van der Waals surface area (Å²) >= 11 is 0. The number of hydrogen-bond donors (Lipinski definition) is 1. The van der Waals surface area contributed by atoms with E-state index >= 15 is 4.79 Å². The van der Waals surface area contributed by atoms with Gasteiger partial charge in [0.2, 0.25) is 0 Å². The number of rotatable bonds is 13. The standard InChI is InChI=1S/C52H58O10/c1-28(2)15-14-22-50(8)23-21-34-42(60-50)33(19-18-29(3)4)45-39(43(34)58-26-13-12-25-53)46-40-37(38-41(54)31-16-10-11-17-32(31)44(38)59-46)35-27-36-49(6,7)62-51(47(35)55,52(36,40)61-45)24-20-30(5)48(56)57-9/h10-11,15-18,20-21,23,35-37,53H,12-14,19,22,24-27H2,1-9H3/b30-20-. The van der Waals surface area contributed by atoms with Gasteiger partial charge in [0.25, 0.3) is 0 Å². The molecule has 0 radical (unpaired) electrons. The molecule has 8 aliphatic rings. The van der Waals surface area contributed by atoms with Gasteiger partial charge in [0.15, 0.2) is 22.8 Å². The van der Waals surface area contributed by atoms with E-state index < -0.39 is 40.2 Å². The molecule has 4 fully saturated rings. The summed E-state index contributed by atoms with van der Waals surface area (Å²) in [5, 5.41) is 9.77. The number of carbonyl (C=O) groups excluding carboxylic acids is 3. The number of benzene rings is 2. The van der Waals surface area contributed by atoms with Crippen LogP contribution in [0.25, 0.3) is 17.6 Å². The number of unbranched alkanes of at least 4 members (excludes halogenated alkanes) is 1. The molecule has 3 saturated carbocycles. The van der Waals surface area contributed by atoms with Crippen molar-refractivity contribution in [3.8, 4) is 17.2 Å². The highest BCUT2D eigenvalue weighted by Crippen LogP contribution is 2.75. The van der Waals surface area contributed by atoms with E-state index in [1.165, 1.54) is 12.7 Å². The van der Waals surface area contributed by atoms with Crippen LogP contribution in [0.4, 0.5) is 0 Å². The van der Waals surface area contributed by atoms with Crippen LogP contribution in [0.15, 0.2) is 76.4 Å². The molecule has 0 aromatic heterocycles. The number of aliphatic hydroxyl groups is 1. The molecule has 1 saturated heterocycles. The Morgan fingerprint density at radius 1 is 0.935 bits per heavy atom. The Kier molecular flexibility index (Phi) is 10.2. The quantitative estimate of drug-likeness (QED) is 0.0902. The number of fused-ring (bicyclic) bond motifs is 5. The summed E-state index contributed by atoms with van der Waals surface area (Å²) in [5.74, 6) is 0.114. The molecule has 4 heterocycles. The van der Waals surface area contributed by atoms with Gasteiger partial charge in [-0.1, -0.05) is 53.6 Å². The van der Waals surface area contributed by atoms with E-state index in [1.54, 1.807) is 13.0 Å². The summed E-state index contributed by atoms with van der Waals surface area (Å²) < 4.78 is 41.6. The molecule has 6 unspecified atom stereocenters. The minimum absolute atomic E-state index is 0.0303. The minimum atomic E-state index is -1.60. The van der Waals surface area contributed by atoms with Crippen molar-refractivity contribution in [2.24, 2.45) is 17.8 Å². The van der Waals surface area contributed by atoms with Crippen molar-refractivity contribution < 1.29 is 47.9 Å². The highest BCUT2D eigenvalue weighted by Gasteiger charge is 2.84. The predicted molar refractivity (Wildman–Crippen MR) is 236 cm³/mol. The number of hydrogen-bond acceptors (Lipinski definition) is 10. The number of methoxy groups -OCH3 is 1. The third-order valence-corrected chi connectivity index (χ3v) is 14.2. The van der Waals surface area contributed by atoms with Gasteiger partial charge in [-0.2, -0.15) is 0 Å². The first-order valence-electron chi connectivity index (χ1n) is 22.1. The molecule has 4 bridgehead atoms. The Morgan fingerprint density at radius 2 is 1.68 bits per heavy atom. The summed E-state index contributed by atoms with van der Waals surface area (Å²) in [6.45, 7) is 16.4. The largest absolute Gasteiger partial charge is 0.492 e. The lowest BCUT2D eigenvalue weighted by molar-refractivity contribution is -0.181. The Balaban J connectivity index is 1.37. The molecule has 1 N–H and O–H groups in total. The van der Waals surface area contributed by atoms with Crippen molar-refractivity contribution in [1.29, 1.82) is 0 Å². The normalized spacial score (nSPS) is 28.8. The Morgan fingerprint density at radius 3 is 2.39 bits per heavy atom. The highest BCUT2D eigenvalue weighted by atomic mass is 16.6. The van der Waals surface area contributed by atoms with Crippen molar-refractivity contribution in [3.05, 3.63) is 104 Å². The molecular weight excluding hydrogens is 785 g/mol. The summed E-state index contributed by atoms with van der Waals surface area (Å²) in [4.78, 5) is 43.3. The molecule has 6 atom stereocenters. The zero-order valence-corrected chi connectivity index (χ0v) is 37.4. The maximum absolute atomic E-state index is 15.7. The average molecular weight is 843 g/mol. The molecule has 62 heavy (non-hydrogen) atoms. The first-order valence-corrected chi connectivity index (χ1v) is 22.1. The molecule has 0 amide bonds. The Labute approximate surface area is 364 Å². The van der Waals surface area contributed by atoms with E-state index in [1.807, 2.05) is 38.1 Å². The third-order valence-electron chi connectivity index (χ3n) is 14.2. The van der Waals surface area contributed by atoms with Gasteiger partial charge in [0, 0.05) is 58.6 Å². The van der Waals surface area contributed by atoms with Gasteiger partial charge >= 0.3 is 5.97 Å². The molecule has 10 heteroatoms. The van der Waals surface area contributed by atoms with Crippen LogP contribution < -0.4 is 14.2 Å². The number of Topliss-reactive ketones (excluding diaryl/α,β-unsaturated/α-hetero) is 2. The van der Waals surface area contributed by atoms with Crippen LogP contribution in [0.2, 0.25) is 0 Å². The smallest absolute Gasteiger partial charge is 0.333 e. The summed E-state index contributed by atoms with van der Waals surface area (Å²) in [6, 6.07) is 7.47. The monoisotopic (exact) mass is 842 g/mol. The molecule has 4 aliphatic carbocycles. The first-order chi connectivity index (χ1) is 29.5. The van der Waals surface area contributed by atoms with Crippen LogP contribution in [-0.2, 0) is 30.2 Å². The number of ether oxygens (including phenoxy) is 6. The van der Waals surface area contributed by atoms with E-state index in [9.17, 15) is 14.7 Å². The van der Waals surface area contributed by atoms with Crippen LogP contribution in [-0.4, -0.2) is 65.4 Å². The summed E-state index contributed by atoms with van der Waals surface area (Å²) in [6.07, 6.45) is 13.9. The van der Waals surface area contributed by atoms with Gasteiger partial charge in [-0.05, 0) is 106 Å². The predicted octanol–water partition coefficient (Wildman–Crippen LogP) is 9.63. The number of aliphatic hydroxyl groups excluding tert-OH is 1. The zero-order chi connectivity index (χ0) is 44.1. The van der Waals surface area contributed by atoms with Crippen LogP contribution in [0.5, 0.6) is 17.2 Å². The minimum Gasteiger partial charge on any atom is -0.492 e. The van der Waals surface area contributed by atoms with E-state index in [4.69, 9.17) is 28.4 Å². The van der Waals surface area contributed by atoms with Crippen LogP contribution in [0.1, 0.15) is 127 Å². The second-order valence-electron chi connectivity index (χ2n) is 19.2. The van der Waals surface area contributed by atoms with E-state index in [0.717, 1.165) is 29.5 Å². The Hall–Kier alpha value is -5.19. The van der Waals surface area contributed by atoms with Crippen molar-refractivity contribution >= 4 is 35.1 Å². The summed E-state index contributed by atoms with van der Waals surface area (Å²) in [5.41, 5.74) is 2.61. The fourth-order valence-corrected chi connectivity index (χ4v) is 11.4. The molecule has 1 spiro atoms. The first kappa shape index (κ1) is 42.1. The summed E-state index contributed by atoms with van der Waals surface area (Å²) in [7, 11) is 1.33. The fourth-order valence-electron chi connectivity index (χ4n) is 11.4. The lowest BCUT2D eigenvalue weighted by Gasteiger charge is -2.62. The zero-order valence-electron chi connectivity index (χ0n) is 37.4. The van der Waals surface area contributed by atoms with Crippen molar-refractivity contribution in [2.75, 3.05) is 20.3 Å². The van der Waals surface area contributed by atoms with E-state index in [0.29, 0.717) is 94.5 Å². The average Bonchev–Trinajstić information content (AvgIpc) is 3.59. The number of allylic oxidation sites excluding steroid dienone is 5. The van der Waals surface area contributed by atoms with Crippen LogP contribution >= 0.6 is 0 Å². The van der Waals surface area contributed by atoms with Crippen molar-refractivity contribution in [2.45, 2.75) is 123 Å². The molecular formula is C52H58O10. The van der Waals surface area contributed by atoms with Crippen molar-refractivity contribution in [1.82, 2.24) is 0 Å². The van der Waals surface area contributed by atoms with Gasteiger partial charge < -0.3 is 33.5 Å². The van der Waals surface area contributed by atoms with E-state index in [-0.39, 0.29) is 30.5 Å². The molecule has 10 rings (SSSR count). The second-order valence-corrected chi connectivity index (χ2v) is 19.2. The SMILES string of the molecule is COC(=O)/C(C)=C\CC12OC(C)(C)C3CC(C1=O)C1C4=C(OC5=C1C32Oc1c(CC=C(C)C)c2c(c(OCCCCO)c15)C=CC(C)(CCC=C(C)C)O2)c1ccccc1C4=O. The van der Waals surface area contributed by atoms with Gasteiger partial charge in [-0.25, -0.2) is 4.79 Å². The molecule has 10 nitrogen and oxygen atoms in total. The van der Waals surface area contributed by atoms with Crippen LogP contribution in [0.3, 0.4) is 0 Å². The topological polar surface area (TPSA) is 127 Å². The lowest BCUT2D eigenvalue weighted by atomic mass is 9.45. The second kappa shape index (κ2) is 15.0. The van der Waals surface area contributed by atoms with Crippen LogP contribution in [0, 0.1) is 17.8 Å². The number of ketones is 2. The van der Waals surface area contributed by atoms with Gasteiger partial charge in [-0.3, -0.25) is 9.59 Å².